The molecule has 0 saturated carbocycles. The molecule has 0 aromatic heterocycles. The molecule has 0 rings (SSSR count). The minimum atomic E-state index is 0.644. The molecule has 2 heteroatoms. The molecule has 0 aliphatic rings. The Morgan fingerprint density at radius 1 is 1.70 bits per heavy atom. The summed E-state index contributed by atoms with van der Waals surface area (Å²) in [5.74, 6) is 0. The SMILES string of the molecule is C=CC=NC=CCC(C)=N. The maximum atomic E-state index is 7.05. The molecule has 0 bridgehead atoms. The van der Waals surface area contributed by atoms with Crippen molar-refractivity contribution in [1.82, 2.24) is 0 Å². The number of nitrogens with zero attached hydrogens (tertiary/aromatic N) is 1. The lowest BCUT2D eigenvalue weighted by molar-refractivity contribution is 1.33. The highest BCUT2D eigenvalue weighted by atomic mass is 14.6. The standard InChI is InChI=1S/C8H12N2/c1-3-6-10-7-4-5-8(2)9/h3-4,6-7,9H,1,5H2,2H3. The molecular formula is C8H12N2. The molecule has 54 valence electrons. The van der Waals surface area contributed by atoms with Crippen molar-refractivity contribution in [2.24, 2.45) is 4.99 Å². The lowest BCUT2D eigenvalue weighted by Crippen LogP contribution is -1.81. The van der Waals surface area contributed by atoms with Crippen LogP contribution in [0.1, 0.15) is 13.3 Å². The van der Waals surface area contributed by atoms with E-state index in [1.165, 1.54) is 0 Å². The summed E-state index contributed by atoms with van der Waals surface area (Å²) in [6.45, 7) is 5.23. The average Bonchev–Trinajstić information content (AvgIpc) is 1.87. The number of nitrogens with one attached hydrogen (secondary N) is 1. The van der Waals surface area contributed by atoms with Crippen LogP contribution in [0, 0.1) is 5.41 Å². The maximum absolute atomic E-state index is 7.05. The fraction of sp³-hybridized carbons (Fsp3) is 0.250. The fourth-order valence-corrected chi connectivity index (χ4v) is 0.401. The van der Waals surface area contributed by atoms with Crippen molar-refractivity contribution in [3.63, 3.8) is 0 Å². The number of aliphatic imine (C=N–C) groups is 1. The van der Waals surface area contributed by atoms with Crippen LogP contribution in [0.5, 0.6) is 0 Å². The second-order valence-electron chi connectivity index (χ2n) is 1.90. The highest BCUT2D eigenvalue weighted by molar-refractivity contribution is 5.80. The van der Waals surface area contributed by atoms with Gasteiger partial charge in [0, 0.05) is 24.5 Å². The molecule has 0 aromatic rings. The first-order valence-corrected chi connectivity index (χ1v) is 3.10. The van der Waals surface area contributed by atoms with Crippen LogP contribution in [0.25, 0.3) is 0 Å². The van der Waals surface area contributed by atoms with E-state index < -0.39 is 0 Å². The zero-order valence-electron chi connectivity index (χ0n) is 6.17. The Morgan fingerprint density at radius 2 is 2.40 bits per heavy atom. The normalized spacial score (nSPS) is 10.9. The summed E-state index contributed by atoms with van der Waals surface area (Å²) in [7, 11) is 0. The molecule has 0 aliphatic carbocycles. The van der Waals surface area contributed by atoms with Crippen LogP contribution in [0.4, 0.5) is 0 Å². The molecule has 0 atom stereocenters. The quantitative estimate of drug-likeness (QED) is 0.575. The van der Waals surface area contributed by atoms with Crippen LogP contribution in [0.15, 0.2) is 29.9 Å². The highest BCUT2D eigenvalue weighted by Crippen LogP contribution is 1.84. The zero-order chi connectivity index (χ0) is 7.82. The molecule has 0 spiro atoms. The van der Waals surface area contributed by atoms with E-state index in [4.69, 9.17) is 5.41 Å². The smallest absolute Gasteiger partial charge is 0.0261 e. The minimum absolute atomic E-state index is 0.644. The van der Waals surface area contributed by atoms with Gasteiger partial charge in [-0.2, -0.15) is 0 Å². The molecule has 2 nitrogen and oxygen atoms in total. The van der Waals surface area contributed by atoms with Gasteiger partial charge in [0.15, 0.2) is 0 Å². The Bertz CT molecular complexity index is 166. The van der Waals surface area contributed by atoms with Gasteiger partial charge in [0.1, 0.15) is 0 Å². The monoisotopic (exact) mass is 136 g/mol. The molecule has 0 aromatic carbocycles. The molecule has 0 heterocycles. The minimum Gasteiger partial charge on any atom is -0.310 e. The second-order valence-corrected chi connectivity index (χ2v) is 1.90. The number of hydrogen-bond donors (Lipinski definition) is 1. The fourth-order valence-electron chi connectivity index (χ4n) is 0.401. The molecule has 1 N–H and O–H groups in total. The lowest BCUT2D eigenvalue weighted by atomic mass is 10.3. The second kappa shape index (κ2) is 5.95. The van der Waals surface area contributed by atoms with E-state index in [1.54, 1.807) is 25.4 Å². The van der Waals surface area contributed by atoms with Crippen molar-refractivity contribution in [1.29, 1.82) is 5.41 Å². The van der Waals surface area contributed by atoms with Crippen LogP contribution in [0.3, 0.4) is 0 Å². The molecule has 0 radical (unpaired) electrons. The molecule has 0 amide bonds. The maximum Gasteiger partial charge on any atom is 0.0261 e. The summed E-state index contributed by atoms with van der Waals surface area (Å²) < 4.78 is 0. The summed E-state index contributed by atoms with van der Waals surface area (Å²) >= 11 is 0. The van der Waals surface area contributed by atoms with E-state index in [1.807, 2.05) is 6.08 Å². The lowest BCUT2D eigenvalue weighted by Gasteiger charge is -1.83. The van der Waals surface area contributed by atoms with E-state index in [0.29, 0.717) is 12.1 Å². The number of rotatable bonds is 4. The Hall–Kier alpha value is -1.18. The third-order valence-electron chi connectivity index (χ3n) is 0.807. The van der Waals surface area contributed by atoms with Crippen molar-refractivity contribution in [2.45, 2.75) is 13.3 Å². The molecule has 10 heavy (non-hydrogen) atoms. The Balaban J connectivity index is 3.46. The van der Waals surface area contributed by atoms with Crippen molar-refractivity contribution in [2.75, 3.05) is 0 Å². The van der Waals surface area contributed by atoms with Crippen molar-refractivity contribution >= 4 is 11.9 Å². The summed E-state index contributed by atoms with van der Waals surface area (Å²) in [6, 6.07) is 0. The predicted octanol–water partition coefficient (Wildman–Crippen LogP) is 2.19. The van der Waals surface area contributed by atoms with Gasteiger partial charge in [-0.1, -0.05) is 18.7 Å². The third-order valence-corrected chi connectivity index (χ3v) is 0.807. The average molecular weight is 136 g/mol. The van der Waals surface area contributed by atoms with Gasteiger partial charge in [0.2, 0.25) is 0 Å². The van der Waals surface area contributed by atoms with Crippen molar-refractivity contribution in [3.8, 4) is 0 Å². The third kappa shape index (κ3) is 6.82. The Labute approximate surface area is 61.5 Å². The van der Waals surface area contributed by atoms with Gasteiger partial charge in [-0.3, -0.25) is 4.99 Å². The summed E-state index contributed by atoms with van der Waals surface area (Å²) in [6.07, 6.45) is 7.40. The van der Waals surface area contributed by atoms with E-state index >= 15 is 0 Å². The van der Waals surface area contributed by atoms with Crippen LogP contribution in [-0.2, 0) is 0 Å². The molecule has 0 saturated heterocycles. The topological polar surface area (TPSA) is 36.2 Å². The van der Waals surface area contributed by atoms with E-state index in [0.717, 1.165) is 0 Å². The van der Waals surface area contributed by atoms with Crippen molar-refractivity contribution in [3.05, 3.63) is 24.9 Å². The van der Waals surface area contributed by atoms with Crippen LogP contribution >= 0.6 is 0 Å². The number of hydrogen-bond acceptors (Lipinski definition) is 2. The van der Waals surface area contributed by atoms with Crippen LogP contribution in [-0.4, -0.2) is 11.9 Å². The van der Waals surface area contributed by atoms with Gasteiger partial charge in [0.05, 0.1) is 0 Å². The van der Waals surface area contributed by atoms with Crippen LogP contribution < -0.4 is 0 Å². The van der Waals surface area contributed by atoms with Gasteiger partial charge in [-0.25, -0.2) is 0 Å². The largest absolute Gasteiger partial charge is 0.310 e. The predicted molar refractivity (Wildman–Crippen MR) is 45.8 cm³/mol. The highest BCUT2D eigenvalue weighted by Gasteiger charge is 1.77. The van der Waals surface area contributed by atoms with Gasteiger partial charge in [-0.05, 0) is 6.92 Å². The molecule has 0 unspecified atom stereocenters. The Morgan fingerprint density at radius 3 is 2.90 bits per heavy atom. The van der Waals surface area contributed by atoms with E-state index in [2.05, 4.69) is 11.6 Å². The summed E-state index contributed by atoms with van der Waals surface area (Å²) in [4.78, 5) is 3.84. The molecule has 0 fully saturated rings. The summed E-state index contributed by atoms with van der Waals surface area (Å²) in [5, 5.41) is 7.05. The number of allylic oxidation sites excluding steroid dienone is 2. The van der Waals surface area contributed by atoms with Crippen LogP contribution in [0.2, 0.25) is 0 Å². The zero-order valence-corrected chi connectivity index (χ0v) is 6.17. The van der Waals surface area contributed by atoms with E-state index in [9.17, 15) is 0 Å². The first kappa shape index (κ1) is 8.82. The first-order chi connectivity index (χ1) is 4.77. The van der Waals surface area contributed by atoms with Gasteiger partial charge < -0.3 is 5.41 Å². The van der Waals surface area contributed by atoms with E-state index in [-0.39, 0.29) is 0 Å². The first-order valence-electron chi connectivity index (χ1n) is 3.10. The van der Waals surface area contributed by atoms with Gasteiger partial charge in [0.25, 0.3) is 0 Å². The van der Waals surface area contributed by atoms with Gasteiger partial charge >= 0.3 is 0 Å². The molecular weight excluding hydrogens is 124 g/mol. The van der Waals surface area contributed by atoms with Crippen molar-refractivity contribution < 1.29 is 0 Å². The molecule has 0 aliphatic heterocycles. The Kier molecular flexibility index (Phi) is 5.25. The summed E-state index contributed by atoms with van der Waals surface area (Å²) in [5.41, 5.74) is 0.644. The van der Waals surface area contributed by atoms with Gasteiger partial charge in [-0.15, -0.1) is 0 Å².